The summed E-state index contributed by atoms with van der Waals surface area (Å²) < 4.78 is 0. The van der Waals surface area contributed by atoms with Crippen LogP contribution in [0.3, 0.4) is 0 Å². The third-order valence-corrected chi connectivity index (χ3v) is 2.33. The zero-order chi connectivity index (χ0) is 8.81. The SMILES string of the molecule is C[C@@H](CN1CCCCC1)NC=O. The lowest BCUT2D eigenvalue weighted by atomic mass is 10.1. The van der Waals surface area contributed by atoms with E-state index in [4.69, 9.17) is 0 Å². The van der Waals surface area contributed by atoms with Gasteiger partial charge in [0.25, 0.3) is 0 Å². The van der Waals surface area contributed by atoms with E-state index in [1.54, 1.807) is 0 Å². The highest BCUT2D eigenvalue weighted by atomic mass is 16.1. The first-order valence-corrected chi connectivity index (χ1v) is 4.75. The van der Waals surface area contributed by atoms with E-state index in [0.717, 1.165) is 13.0 Å². The highest BCUT2D eigenvalue weighted by Crippen LogP contribution is 2.08. The summed E-state index contributed by atoms with van der Waals surface area (Å²) in [7, 11) is 0. The normalized spacial score (nSPS) is 21.8. The smallest absolute Gasteiger partial charge is 0.207 e. The first-order valence-electron chi connectivity index (χ1n) is 4.75. The zero-order valence-corrected chi connectivity index (χ0v) is 7.75. The van der Waals surface area contributed by atoms with Crippen LogP contribution in [0.4, 0.5) is 0 Å². The summed E-state index contributed by atoms with van der Waals surface area (Å²) in [5, 5.41) is 2.77. The van der Waals surface area contributed by atoms with E-state index in [-0.39, 0.29) is 0 Å². The summed E-state index contributed by atoms with van der Waals surface area (Å²) >= 11 is 0. The Morgan fingerprint density at radius 1 is 1.42 bits per heavy atom. The van der Waals surface area contributed by atoms with Crippen LogP contribution >= 0.6 is 0 Å². The molecule has 0 aromatic carbocycles. The number of likely N-dealkylation sites (tertiary alicyclic amines) is 1. The van der Waals surface area contributed by atoms with Crippen molar-refractivity contribution in [1.29, 1.82) is 0 Å². The first kappa shape index (κ1) is 9.52. The van der Waals surface area contributed by atoms with Gasteiger partial charge >= 0.3 is 0 Å². The van der Waals surface area contributed by atoms with Gasteiger partial charge in [0.05, 0.1) is 0 Å². The van der Waals surface area contributed by atoms with Crippen LogP contribution in [0.1, 0.15) is 26.2 Å². The largest absolute Gasteiger partial charge is 0.355 e. The fraction of sp³-hybridized carbons (Fsp3) is 0.889. The van der Waals surface area contributed by atoms with E-state index in [2.05, 4.69) is 10.2 Å². The summed E-state index contributed by atoms with van der Waals surface area (Å²) in [6.07, 6.45) is 4.78. The number of carbonyl (C=O) groups is 1. The van der Waals surface area contributed by atoms with Crippen LogP contribution in [0.15, 0.2) is 0 Å². The van der Waals surface area contributed by atoms with Gasteiger partial charge in [0.1, 0.15) is 0 Å². The summed E-state index contributed by atoms with van der Waals surface area (Å²) in [6.45, 7) is 5.44. The van der Waals surface area contributed by atoms with Gasteiger partial charge in [-0.3, -0.25) is 4.79 Å². The maximum atomic E-state index is 10.1. The summed E-state index contributed by atoms with van der Waals surface area (Å²) in [6, 6.07) is 0.292. The molecule has 1 atom stereocenters. The molecule has 1 N–H and O–H groups in total. The molecule has 1 heterocycles. The van der Waals surface area contributed by atoms with Crippen LogP contribution in [0.5, 0.6) is 0 Å². The molecule has 12 heavy (non-hydrogen) atoms. The quantitative estimate of drug-likeness (QED) is 0.627. The predicted molar refractivity (Wildman–Crippen MR) is 49.0 cm³/mol. The number of hydrogen-bond acceptors (Lipinski definition) is 2. The van der Waals surface area contributed by atoms with Crippen LogP contribution in [0.25, 0.3) is 0 Å². The summed E-state index contributed by atoms with van der Waals surface area (Å²) in [4.78, 5) is 12.5. The van der Waals surface area contributed by atoms with Crippen molar-refractivity contribution in [2.45, 2.75) is 32.2 Å². The van der Waals surface area contributed by atoms with Crippen molar-refractivity contribution in [3.8, 4) is 0 Å². The van der Waals surface area contributed by atoms with Gasteiger partial charge in [-0.15, -0.1) is 0 Å². The molecule has 1 saturated heterocycles. The van der Waals surface area contributed by atoms with Gasteiger partial charge in [0.2, 0.25) is 6.41 Å². The van der Waals surface area contributed by atoms with E-state index in [0.29, 0.717) is 6.04 Å². The molecule has 1 aliphatic rings. The Hall–Kier alpha value is -0.570. The van der Waals surface area contributed by atoms with Gasteiger partial charge in [-0.2, -0.15) is 0 Å². The number of nitrogens with one attached hydrogen (secondary N) is 1. The maximum absolute atomic E-state index is 10.1. The molecule has 0 spiro atoms. The lowest BCUT2D eigenvalue weighted by molar-refractivity contribution is -0.110. The molecule has 0 unspecified atom stereocenters. The van der Waals surface area contributed by atoms with Crippen LogP contribution in [-0.4, -0.2) is 37.0 Å². The van der Waals surface area contributed by atoms with Crippen molar-refractivity contribution in [2.75, 3.05) is 19.6 Å². The molecule has 0 aromatic rings. The molecule has 0 bridgehead atoms. The Labute approximate surface area is 74.1 Å². The number of carbonyl (C=O) groups excluding carboxylic acids is 1. The van der Waals surface area contributed by atoms with E-state index >= 15 is 0 Å². The van der Waals surface area contributed by atoms with Crippen molar-refractivity contribution in [3.63, 3.8) is 0 Å². The number of amides is 1. The van der Waals surface area contributed by atoms with Gasteiger partial charge in [0.15, 0.2) is 0 Å². The molecule has 1 fully saturated rings. The number of nitrogens with zero attached hydrogens (tertiary/aromatic N) is 1. The lowest BCUT2D eigenvalue weighted by Crippen LogP contribution is -2.40. The Kier molecular flexibility index (Phi) is 4.08. The van der Waals surface area contributed by atoms with Crippen LogP contribution in [-0.2, 0) is 4.79 Å². The highest BCUT2D eigenvalue weighted by Gasteiger charge is 2.12. The molecular formula is C9H18N2O. The minimum absolute atomic E-state index is 0.292. The molecule has 3 heteroatoms. The second-order valence-corrected chi connectivity index (χ2v) is 3.55. The van der Waals surface area contributed by atoms with Gasteiger partial charge < -0.3 is 10.2 Å². The Bertz CT molecular complexity index is 132. The maximum Gasteiger partial charge on any atom is 0.207 e. The van der Waals surface area contributed by atoms with Gasteiger partial charge in [-0.1, -0.05) is 6.42 Å². The van der Waals surface area contributed by atoms with Gasteiger partial charge in [-0.05, 0) is 32.9 Å². The summed E-state index contributed by atoms with van der Waals surface area (Å²) in [5.41, 5.74) is 0. The first-order chi connectivity index (χ1) is 5.83. The minimum Gasteiger partial charge on any atom is -0.355 e. The van der Waals surface area contributed by atoms with E-state index in [1.165, 1.54) is 32.4 Å². The van der Waals surface area contributed by atoms with Gasteiger partial charge in [-0.25, -0.2) is 0 Å². The van der Waals surface area contributed by atoms with Crippen molar-refractivity contribution in [2.24, 2.45) is 0 Å². The molecular weight excluding hydrogens is 152 g/mol. The molecule has 0 saturated carbocycles. The molecule has 3 nitrogen and oxygen atoms in total. The predicted octanol–water partition coefficient (Wildman–Crippen LogP) is 0.607. The average molecular weight is 170 g/mol. The van der Waals surface area contributed by atoms with Crippen molar-refractivity contribution in [1.82, 2.24) is 10.2 Å². The average Bonchev–Trinajstić information content (AvgIpc) is 2.06. The van der Waals surface area contributed by atoms with Crippen LogP contribution in [0, 0.1) is 0 Å². The fourth-order valence-corrected chi connectivity index (χ4v) is 1.70. The zero-order valence-electron chi connectivity index (χ0n) is 7.75. The molecule has 1 aliphatic heterocycles. The van der Waals surface area contributed by atoms with E-state index in [9.17, 15) is 4.79 Å². The second kappa shape index (κ2) is 5.14. The van der Waals surface area contributed by atoms with Crippen molar-refractivity contribution >= 4 is 6.41 Å². The summed E-state index contributed by atoms with van der Waals surface area (Å²) in [5.74, 6) is 0. The Morgan fingerprint density at radius 2 is 2.08 bits per heavy atom. The molecule has 0 aromatic heterocycles. The molecule has 1 rings (SSSR count). The van der Waals surface area contributed by atoms with Crippen molar-refractivity contribution < 1.29 is 4.79 Å². The van der Waals surface area contributed by atoms with E-state index < -0.39 is 0 Å². The monoisotopic (exact) mass is 170 g/mol. The van der Waals surface area contributed by atoms with Crippen molar-refractivity contribution in [3.05, 3.63) is 0 Å². The minimum atomic E-state index is 0.292. The topological polar surface area (TPSA) is 32.3 Å². The molecule has 70 valence electrons. The molecule has 0 aliphatic carbocycles. The fourth-order valence-electron chi connectivity index (χ4n) is 1.70. The molecule has 0 radical (unpaired) electrons. The second-order valence-electron chi connectivity index (χ2n) is 3.55. The standard InChI is InChI=1S/C9H18N2O/c1-9(10-8-12)7-11-5-3-2-4-6-11/h8-9H,2-7H2,1H3,(H,10,12)/t9-/m0/s1. The van der Waals surface area contributed by atoms with Crippen LogP contribution < -0.4 is 5.32 Å². The number of rotatable bonds is 4. The third-order valence-electron chi connectivity index (χ3n) is 2.33. The lowest BCUT2D eigenvalue weighted by Gasteiger charge is -2.28. The van der Waals surface area contributed by atoms with Crippen LogP contribution in [0.2, 0.25) is 0 Å². The Morgan fingerprint density at radius 3 is 2.67 bits per heavy atom. The van der Waals surface area contributed by atoms with E-state index in [1.807, 2.05) is 6.92 Å². The Balaban J connectivity index is 2.15. The number of hydrogen-bond donors (Lipinski definition) is 1. The molecule has 1 amide bonds. The third kappa shape index (κ3) is 3.22. The highest BCUT2D eigenvalue weighted by molar-refractivity contribution is 5.46. The number of piperidine rings is 1. The van der Waals surface area contributed by atoms with Gasteiger partial charge in [0, 0.05) is 12.6 Å².